The van der Waals surface area contributed by atoms with E-state index in [9.17, 15) is 9.18 Å². The fraction of sp³-hybridized carbons (Fsp3) is 0.318. The van der Waals surface area contributed by atoms with Crippen LogP contribution < -0.4 is 10.1 Å². The second kappa shape index (κ2) is 9.82. The number of anilines is 2. The van der Waals surface area contributed by atoms with E-state index in [2.05, 4.69) is 19.6 Å². The van der Waals surface area contributed by atoms with Crippen LogP contribution in [0.1, 0.15) is 19.4 Å². The van der Waals surface area contributed by atoms with Crippen molar-refractivity contribution >= 4 is 44.8 Å². The zero-order valence-corrected chi connectivity index (χ0v) is 18.9. The van der Waals surface area contributed by atoms with Gasteiger partial charge in [0.1, 0.15) is 23.7 Å². The van der Waals surface area contributed by atoms with Crippen LogP contribution in [0.2, 0.25) is 0 Å². The molecule has 1 atom stereocenters. The third kappa shape index (κ3) is 5.55. The summed E-state index contributed by atoms with van der Waals surface area (Å²) in [4.78, 5) is 20.7. The first-order chi connectivity index (χ1) is 14.8. The molecule has 0 saturated carbocycles. The Kier molecular flexibility index (Phi) is 7.17. The van der Waals surface area contributed by atoms with Crippen molar-refractivity contribution in [2.24, 2.45) is 4.36 Å². The van der Waals surface area contributed by atoms with Crippen LogP contribution in [-0.2, 0) is 20.2 Å². The molecule has 1 aromatic heterocycles. The molecule has 0 aliphatic carbocycles. The standard InChI is InChI=1S/C22H25FN4O3S/c1-6-29-22(28)14(3)30-19-10-15(23)7-8-17(19)26-21-20-13(2)9-16(27-31(4)5)11-18(20)24-12-25-21/h7-12,14H,6H2,1-5H3,(H,24,25,26)/t14-/m1/s1. The maximum atomic E-state index is 13.9. The van der Waals surface area contributed by atoms with E-state index in [0.717, 1.165) is 22.2 Å². The third-order valence-electron chi connectivity index (χ3n) is 4.33. The van der Waals surface area contributed by atoms with Crippen molar-refractivity contribution in [3.63, 3.8) is 0 Å². The molecule has 0 spiro atoms. The molecule has 2 aromatic carbocycles. The average molecular weight is 445 g/mol. The van der Waals surface area contributed by atoms with Gasteiger partial charge in [0.25, 0.3) is 0 Å². The molecule has 0 radical (unpaired) electrons. The monoisotopic (exact) mass is 444 g/mol. The zero-order chi connectivity index (χ0) is 22.5. The Morgan fingerprint density at radius 2 is 2.03 bits per heavy atom. The summed E-state index contributed by atoms with van der Waals surface area (Å²) in [5.74, 6) is -0.289. The molecule has 1 heterocycles. The van der Waals surface area contributed by atoms with E-state index in [0.29, 0.717) is 11.5 Å². The molecule has 0 fully saturated rings. The highest BCUT2D eigenvalue weighted by molar-refractivity contribution is 7.85. The van der Waals surface area contributed by atoms with Crippen molar-refractivity contribution in [2.75, 3.05) is 24.4 Å². The molecule has 3 rings (SSSR count). The van der Waals surface area contributed by atoms with Crippen LogP contribution >= 0.6 is 0 Å². The molecular formula is C22H25FN4O3S. The Morgan fingerprint density at radius 3 is 2.74 bits per heavy atom. The van der Waals surface area contributed by atoms with Gasteiger partial charge >= 0.3 is 5.97 Å². The van der Waals surface area contributed by atoms with Gasteiger partial charge in [-0.3, -0.25) is 0 Å². The predicted octanol–water partition coefficient (Wildman–Crippen LogP) is 4.84. The number of nitrogens with zero attached hydrogens (tertiary/aromatic N) is 3. The fourth-order valence-electron chi connectivity index (χ4n) is 3.05. The van der Waals surface area contributed by atoms with Crippen molar-refractivity contribution in [3.8, 4) is 5.75 Å². The van der Waals surface area contributed by atoms with Crippen molar-refractivity contribution < 1.29 is 18.7 Å². The van der Waals surface area contributed by atoms with Gasteiger partial charge in [0.2, 0.25) is 0 Å². The summed E-state index contributed by atoms with van der Waals surface area (Å²) in [6, 6.07) is 7.95. The van der Waals surface area contributed by atoms with Crippen molar-refractivity contribution in [3.05, 3.63) is 48.0 Å². The normalized spacial score (nSPS) is 12.0. The number of aryl methyl sites for hydroxylation is 1. The lowest BCUT2D eigenvalue weighted by atomic mass is 10.1. The van der Waals surface area contributed by atoms with Gasteiger partial charge in [-0.1, -0.05) is 0 Å². The number of esters is 1. The van der Waals surface area contributed by atoms with Crippen LogP contribution in [0.3, 0.4) is 0 Å². The third-order valence-corrected chi connectivity index (χ3v) is 4.90. The van der Waals surface area contributed by atoms with Crippen molar-refractivity contribution in [2.45, 2.75) is 26.9 Å². The van der Waals surface area contributed by atoms with Gasteiger partial charge in [-0.15, -0.1) is 10.7 Å². The van der Waals surface area contributed by atoms with Gasteiger partial charge in [-0.05, 0) is 63.1 Å². The summed E-state index contributed by atoms with van der Waals surface area (Å²) >= 11 is 0. The number of nitrogens with one attached hydrogen (secondary N) is 1. The molecule has 0 amide bonds. The predicted molar refractivity (Wildman–Crippen MR) is 122 cm³/mol. The largest absolute Gasteiger partial charge is 0.477 e. The minimum absolute atomic E-state index is 0.0952. The molecule has 0 saturated heterocycles. The van der Waals surface area contributed by atoms with E-state index in [1.807, 2.05) is 31.6 Å². The van der Waals surface area contributed by atoms with Gasteiger partial charge < -0.3 is 14.8 Å². The van der Waals surface area contributed by atoms with E-state index in [1.54, 1.807) is 13.8 Å². The number of halogens is 1. The van der Waals surface area contributed by atoms with Crippen LogP contribution in [0.5, 0.6) is 5.75 Å². The van der Waals surface area contributed by atoms with Crippen molar-refractivity contribution in [1.82, 2.24) is 9.97 Å². The lowest BCUT2D eigenvalue weighted by Crippen LogP contribution is -2.26. The summed E-state index contributed by atoms with van der Waals surface area (Å²) in [7, 11) is -0.0952. The Balaban J connectivity index is 1.99. The first-order valence-electron chi connectivity index (χ1n) is 9.73. The first kappa shape index (κ1) is 22.6. The number of benzene rings is 2. The Morgan fingerprint density at radius 1 is 1.26 bits per heavy atom. The second-order valence-corrected chi connectivity index (χ2v) is 8.75. The number of fused-ring (bicyclic) bond motifs is 1. The van der Waals surface area contributed by atoms with Crippen molar-refractivity contribution in [1.29, 1.82) is 0 Å². The SMILES string of the molecule is CCOC(=O)[C@@H](C)Oc1cc(F)ccc1Nc1ncnc2cc(N=S(C)C)cc(C)c12. The van der Waals surface area contributed by atoms with Crippen LogP contribution in [0.4, 0.5) is 21.6 Å². The Bertz CT molecular complexity index is 1150. The molecule has 1 N–H and O–H groups in total. The Labute approximate surface area is 183 Å². The van der Waals surface area contributed by atoms with E-state index < -0.39 is 17.9 Å². The topological polar surface area (TPSA) is 85.7 Å². The fourth-order valence-corrected chi connectivity index (χ4v) is 3.58. The minimum Gasteiger partial charge on any atom is -0.477 e. The summed E-state index contributed by atoms with van der Waals surface area (Å²) in [5.41, 5.74) is 3.02. The van der Waals surface area contributed by atoms with E-state index in [-0.39, 0.29) is 23.0 Å². The lowest BCUT2D eigenvalue weighted by Gasteiger charge is -2.18. The molecule has 164 valence electrons. The van der Waals surface area contributed by atoms with E-state index in [1.165, 1.54) is 24.5 Å². The molecular weight excluding hydrogens is 419 g/mol. The highest BCUT2D eigenvalue weighted by Crippen LogP contribution is 2.34. The highest BCUT2D eigenvalue weighted by atomic mass is 32.2. The van der Waals surface area contributed by atoms with Gasteiger partial charge in [-0.2, -0.15) is 0 Å². The quantitative estimate of drug-likeness (QED) is 0.525. The number of hydrogen-bond acceptors (Lipinski definition) is 7. The average Bonchev–Trinajstić information content (AvgIpc) is 2.69. The molecule has 9 heteroatoms. The summed E-state index contributed by atoms with van der Waals surface area (Å²) in [5, 5.41) is 4.02. The summed E-state index contributed by atoms with van der Waals surface area (Å²) in [6.07, 6.45) is 4.64. The number of carbonyl (C=O) groups excluding carboxylic acids is 1. The smallest absolute Gasteiger partial charge is 0.347 e. The van der Waals surface area contributed by atoms with Crippen LogP contribution in [0.25, 0.3) is 10.9 Å². The number of carbonyl (C=O) groups is 1. The minimum atomic E-state index is -0.896. The van der Waals surface area contributed by atoms with Gasteiger partial charge in [0.05, 0.1) is 23.5 Å². The second-order valence-electron chi connectivity index (χ2n) is 7.02. The number of aromatic nitrogens is 2. The highest BCUT2D eigenvalue weighted by Gasteiger charge is 2.19. The Hall–Kier alpha value is -3.07. The summed E-state index contributed by atoms with van der Waals surface area (Å²) < 4.78 is 29.2. The maximum Gasteiger partial charge on any atom is 0.347 e. The van der Waals surface area contributed by atoms with Crippen LogP contribution in [0.15, 0.2) is 41.0 Å². The van der Waals surface area contributed by atoms with Crippen LogP contribution in [0, 0.1) is 12.7 Å². The molecule has 7 nitrogen and oxygen atoms in total. The lowest BCUT2D eigenvalue weighted by molar-refractivity contribution is -0.150. The number of ether oxygens (including phenoxy) is 2. The number of hydrogen-bond donors (Lipinski definition) is 1. The molecule has 0 unspecified atom stereocenters. The maximum absolute atomic E-state index is 13.9. The number of rotatable bonds is 7. The van der Waals surface area contributed by atoms with Gasteiger partial charge in [0.15, 0.2) is 6.10 Å². The molecule has 3 aromatic rings. The first-order valence-corrected chi connectivity index (χ1v) is 11.7. The van der Waals surface area contributed by atoms with Gasteiger partial charge in [0, 0.05) is 11.5 Å². The molecule has 0 bridgehead atoms. The molecule has 0 aliphatic rings. The van der Waals surface area contributed by atoms with Crippen LogP contribution in [-0.4, -0.2) is 41.2 Å². The summed E-state index contributed by atoms with van der Waals surface area (Å²) in [6.45, 7) is 5.46. The van der Waals surface area contributed by atoms with E-state index in [4.69, 9.17) is 9.47 Å². The zero-order valence-electron chi connectivity index (χ0n) is 18.1. The van der Waals surface area contributed by atoms with Gasteiger partial charge in [-0.25, -0.2) is 23.5 Å². The molecule has 31 heavy (non-hydrogen) atoms. The van der Waals surface area contributed by atoms with E-state index >= 15 is 0 Å². The molecule has 0 aliphatic heterocycles.